The van der Waals surface area contributed by atoms with Crippen LogP contribution in [0.5, 0.6) is 0 Å². The monoisotopic (exact) mass is 432 g/mol. The maximum Gasteiger partial charge on any atom is 0.113 e. The van der Waals surface area contributed by atoms with Crippen LogP contribution in [0.4, 0.5) is 0 Å². The predicted octanol–water partition coefficient (Wildman–Crippen LogP) is 5.88. The number of benzene rings is 5. The predicted molar refractivity (Wildman–Crippen MR) is 142 cm³/mol. The summed E-state index contributed by atoms with van der Waals surface area (Å²) in [5.74, 6) is 0. The Morgan fingerprint density at radius 1 is 0.419 bits per heavy atom. The van der Waals surface area contributed by atoms with Crippen LogP contribution < -0.4 is 15.6 Å². The lowest BCUT2D eigenvalue weighted by atomic mass is 10.1. The Morgan fingerprint density at radius 3 is 1.48 bits per heavy atom. The van der Waals surface area contributed by atoms with Crippen LogP contribution in [0.25, 0.3) is 21.5 Å². The summed E-state index contributed by atoms with van der Waals surface area (Å²) < 4.78 is 0. The third-order valence-corrected chi connectivity index (χ3v) is 24.7. The lowest BCUT2D eigenvalue weighted by Gasteiger charge is -2.43. The van der Waals surface area contributed by atoms with Gasteiger partial charge in [0.2, 0.25) is 0 Å². The molecule has 0 aromatic heterocycles. The molecule has 0 nitrogen and oxygen atoms in total. The molecule has 5 aromatic carbocycles. The molecule has 0 fully saturated rings. The van der Waals surface area contributed by atoms with Crippen LogP contribution in [0.15, 0.2) is 115 Å². The summed E-state index contributed by atoms with van der Waals surface area (Å²) in [6.07, 6.45) is 0. The molecule has 5 rings (SSSR count). The summed E-state index contributed by atoms with van der Waals surface area (Å²) in [4.78, 5) is 0. The van der Waals surface area contributed by atoms with Crippen LogP contribution in [-0.4, -0.2) is 15.2 Å². The summed E-state index contributed by atoms with van der Waals surface area (Å²) in [7, 11) is -4.07. The van der Waals surface area contributed by atoms with Crippen molar-refractivity contribution in [2.24, 2.45) is 0 Å². The van der Waals surface area contributed by atoms with Crippen LogP contribution in [0.1, 0.15) is 0 Å². The zero-order valence-electron chi connectivity index (χ0n) is 18.5. The Hall–Kier alpha value is -2.95. The van der Waals surface area contributed by atoms with Gasteiger partial charge in [0, 0.05) is 0 Å². The van der Waals surface area contributed by atoms with E-state index in [9.17, 15) is 0 Å². The van der Waals surface area contributed by atoms with Crippen molar-refractivity contribution in [1.29, 1.82) is 0 Å². The van der Waals surface area contributed by atoms with Crippen molar-refractivity contribution in [2.45, 2.75) is 19.6 Å². The van der Waals surface area contributed by atoms with Gasteiger partial charge in [0.25, 0.3) is 0 Å². The summed E-state index contributed by atoms with van der Waals surface area (Å²) in [5.41, 5.74) is 0. The maximum atomic E-state index is 2.62. The van der Waals surface area contributed by atoms with Crippen LogP contribution >= 0.6 is 0 Å². The van der Waals surface area contributed by atoms with Crippen molar-refractivity contribution < 1.29 is 0 Å². The van der Waals surface area contributed by atoms with E-state index in [1.165, 1.54) is 26.7 Å². The van der Waals surface area contributed by atoms with Crippen LogP contribution in [0.3, 0.4) is 0 Å². The van der Waals surface area contributed by atoms with Gasteiger partial charge in [-0.05, 0) is 26.7 Å². The first kappa shape index (κ1) is 20.0. The number of fused-ring (bicyclic) bond motifs is 2. The summed E-state index contributed by atoms with van der Waals surface area (Å²) >= 11 is 0. The largest absolute Gasteiger partial charge is 0.113 e. The van der Waals surface area contributed by atoms with E-state index in [1.807, 2.05) is 0 Å². The standard InChI is InChI=1S/C29H28Si2/c1-30(2,28-21-11-15-23-13-7-9-19-26(23)28)31(3,25-17-5-4-6-18-25)29-22-12-16-24-14-8-10-20-27(24)29/h4-22H,1-3H3. The molecule has 0 aliphatic carbocycles. The van der Waals surface area contributed by atoms with E-state index in [1.54, 1.807) is 10.4 Å². The highest BCUT2D eigenvalue weighted by molar-refractivity contribution is 7.55. The SMILES string of the molecule is C[Si](C)(c1cccc2ccccc12)[Si](C)(c1ccccc1)c1cccc2ccccc12. The molecule has 5 aromatic rings. The topological polar surface area (TPSA) is 0 Å². The number of hydrogen-bond acceptors (Lipinski definition) is 0. The van der Waals surface area contributed by atoms with Gasteiger partial charge in [-0.1, -0.05) is 145 Å². The van der Waals surface area contributed by atoms with E-state index >= 15 is 0 Å². The Labute approximate surface area is 187 Å². The Morgan fingerprint density at radius 2 is 0.871 bits per heavy atom. The van der Waals surface area contributed by atoms with Gasteiger partial charge in [0.15, 0.2) is 0 Å². The third-order valence-electron chi connectivity index (χ3n) is 7.39. The molecule has 0 spiro atoms. The quantitative estimate of drug-likeness (QED) is 0.311. The summed E-state index contributed by atoms with van der Waals surface area (Å²) in [6, 6.07) is 43.1. The molecule has 1 atom stereocenters. The Kier molecular flexibility index (Phi) is 4.92. The molecule has 0 bridgehead atoms. The third kappa shape index (κ3) is 3.10. The van der Waals surface area contributed by atoms with Gasteiger partial charge in [-0.15, -0.1) is 0 Å². The molecule has 0 heterocycles. The number of rotatable bonds is 4. The fraction of sp³-hybridized carbons (Fsp3) is 0.103. The highest BCUT2D eigenvalue weighted by Crippen LogP contribution is 2.26. The molecule has 0 aliphatic rings. The van der Waals surface area contributed by atoms with Crippen molar-refractivity contribution in [3.63, 3.8) is 0 Å². The van der Waals surface area contributed by atoms with E-state index < -0.39 is 15.2 Å². The fourth-order valence-electron chi connectivity index (χ4n) is 5.33. The average Bonchev–Trinajstić information content (AvgIpc) is 2.83. The second kappa shape index (κ2) is 7.63. The van der Waals surface area contributed by atoms with E-state index in [4.69, 9.17) is 0 Å². The smallest absolute Gasteiger partial charge is 0.0668 e. The molecule has 0 amide bonds. The van der Waals surface area contributed by atoms with E-state index in [2.05, 4.69) is 135 Å². The molecular weight excluding hydrogens is 404 g/mol. The van der Waals surface area contributed by atoms with Gasteiger partial charge in [-0.3, -0.25) is 0 Å². The molecule has 1 unspecified atom stereocenters. The summed E-state index contributed by atoms with van der Waals surface area (Å²) in [5, 5.41) is 10.2. The highest BCUT2D eigenvalue weighted by Gasteiger charge is 2.50. The average molecular weight is 433 g/mol. The van der Waals surface area contributed by atoms with Gasteiger partial charge in [-0.2, -0.15) is 0 Å². The van der Waals surface area contributed by atoms with Gasteiger partial charge in [0.05, 0.1) is 7.59 Å². The molecule has 31 heavy (non-hydrogen) atoms. The molecule has 0 saturated carbocycles. The first-order valence-corrected chi connectivity index (χ1v) is 17.6. The summed E-state index contributed by atoms with van der Waals surface area (Å²) in [6.45, 7) is 7.84. The Bertz CT molecular complexity index is 1360. The first-order chi connectivity index (χ1) is 15.0. The first-order valence-electron chi connectivity index (χ1n) is 11.1. The zero-order chi connectivity index (χ0) is 21.5. The van der Waals surface area contributed by atoms with Crippen molar-refractivity contribution >= 4 is 52.3 Å². The van der Waals surface area contributed by atoms with Crippen LogP contribution in [0.2, 0.25) is 19.6 Å². The number of hydrogen-bond donors (Lipinski definition) is 0. The lowest BCUT2D eigenvalue weighted by molar-refractivity contribution is 1.70. The van der Waals surface area contributed by atoms with Gasteiger partial charge in [0.1, 0.15) is 7.59 Å². The normalized spacial score (nSPS) is 13.9. The second-order valence-electron chi connectivity index (χ2n) is 9.17. The van der Waals surface area contributed by atoms with E-state index in [0.29, 0.717) is 0 Å². The molecule has 152 valence electrons. The molecular formula is C29H28Si2. The molecule has 0 saturated heterocycles. The second-order valence-corrected chi connectivity index (χ2v) is 23.1. The minimum absolute atomic E-state index is 1.34. The zero-order valence-corrected chi connectivity index (χ0v) is 20.5. The van der Waals surface area contributed by atoms with Gasteiger partial charge in [-0.25, -0.2) is 0 Å². The minimum atomic E-state index is -2.11. The van der Waals surface area contributed by atoms with Crippen LogP contribution in [0, 0.1) is 0 Å². The van der Waals surface area contributed by atoms with Gasteiger partial charge >= 0.3 is 0 Å². The van der Waals surface area contributed by atoms with Crippen molar-refractivity contribution in [2.75, 3.05) is 0 Å². The highest BCUT2D eigenvalue weighted by atomic mass is 29.3. The van der Waals surface area contributed by atoms with Crippen molar-refractivity contribution in [1.82, 2.24) is 0 Å². The fourth-order valence-corrected chi connectivity index (χ4v) is 18.6. The molecule has 0 N–H and O–H groups in total. The van der Waals surface area contributed by atoms with Crippen LogP contribution in [-0.2, 0) is 0 Å². The minimum Gasteiger partial charge on any atom is -0.0668 e. The van der Waals surface area contributed by atoms with E-state index in [-0.39, 0.29) is 0 Å². The van der Waals surface area contributed by atoms with E-state index in [0.717, 1.165) is 0 Å². The van der Waals surface area contributed by atoms with Crippen molar-refractivity contribution in [3.8, 4) is 0 Å². The maximum absolute atomic E-state index is 2.62. The van der Waals surface area contributed by atoms with Crippen molar-refractivity contribution in [3.05, 3.63) is 115 Å². The Balaban J connectivity index is 1.87. The van der Waals surface area contributed by atoms with Gasteiger partial charge < -0.3 is 0 Å². The molecule has 0 radical (unpaired) electrons. The molecule has 2 heteroatoms. The lowest BCUT2D eigenvalue weighted by Crippen LogP contribution is -2.77. The molecule has 0 aliphatic heterocycles.